The second-order valence-electron chi connectivity index (χ2n) is 4.21. The van der Waals surface area contributed by atoms with Crippen LogP contribution in [0.2, 0.25) is 0 Å². The lowest BCUT2D eigenvalue weighted by atomic mass is 9.99. The van der Waals surface area contributed by atoms with E-state index in [1.54, 1.807) is 6.07 Å². The Morgan fingerprint density at radius 3 is 2.42 bits per heavy atom. The van der Waals surface area contributed by atoms with Crippen LogP contribution >= 0.6 is 15.9 Å². The van der Waals surface area contributed by atoms with Crippen molar-refractivity contribution in [1.82, 2.24) is 0 Å². The fraction of sp³-hybridized carbons (Fsp3) is 0.143. The molecule has 0 aliphatic carbocycles. The molecule has 0 heterocycles. The Hall–Kier alpha value is -1.33. The van der Waals surface area contributed by atoms with Crippen LogP contribution in [0.15, 0.2) is 40.9 Å². The van der Waals surface area contributed by atoms with E-state index in [1.165, 1.54) is 12.1 Å². The van der Waals surface area contributed by atoms with Gasteiger partial charge in [0.15, 0.2) is 0 Å². The van der Waals surface area contributed by atoms with Crippen LogP contribution < -0.4 is 5.73 Å². The molecule has 2 aromatic rings. The van der Waals surface area contributed by atoms with Crippen molar-refractivity contribution >= 4 is 15.9 Å². The largest absolute Gasteiger partial charge is 0.324 e. The molecule has 0 fully saturated rings. The van der Waals surface area contributed by atoms with Crippen molar-refractivity contribution in [2.24, 2.45) is 5.73 Å². The van der Waals surface area contributed by atoms with Gasteiger partial charge in [0.1, 0.15) is 17.5 Å². The molecule has 2 aromatic carbocycles. The van der Waals surface area contributed by atoms with Crippen LogP contribution in [0.25, 0.3) is 0 Å². The maximum Gasteiger partial charge on any atom is 0.128 e. The molecular formula is C14H11BrF3N. The van der Waals surface area contributed by atoms with Gasteiger partial charge in [-0.25, -0.2) is 13.2 Å². The highest BCUT2D eigenvalue weighted by Crippen LogP contribution is 2.24. The fourth-order valence-electron chi connectivity index (χ4n) is 1.85. The third kappa shape index (κ3) is 3.36. The second kappa shape index (κ2) is 5.75. The van der Waals surface area contributed by atoms with Gasteiger partial charge in [-0.05, 0) is 48.4 Å². The van der Waals surface area contributed by atoms with Gasteiger partial charge in [0.25, 0.3) is 0 Å². The molecule has 0 saturated carbocycles. The van der Waals surface area contributed by atoms with Gasteiger partial charge >= 0.3 is 0 Å². The van der Waals surface area contributed by atoms with E-state index in [0.29, 0.717) is 4.47 Å². The molecule has 0 radical (unpaired) electrons. The molecule has 5 heteroatoms. The summed E-state index contributed by atoms with van der Waals surface area (Å²) in [6, 6.07) is 6.77. The summed E-state index contributed by atoms with van der Waals surface area (Å²) >= 11 is 3.22. The van der Waals surface area contributed by atoms with E-state index >= 15 is 0 Å². The maximum atomic E-state index is 13.6. The van der Waals surface area contributed by atoms with E-state index in [-0.39, 0.29) is 17.5 Å². The average Bonchev–Trinajstić information content (AvgIpc) is 2.36. The molecule has 0 saturated heterocycles. The van der Waals surface area contributed by atoms with Gasteiger partial charge in [0, 0.05) is 16.1 Å². The van der Waals surface area contributed by atoms with Gasteiger partial charge in [-0.1, -0.05) is 15.9 Å². The first kappa shape index (κ1) is 14.1. The van der Waals surface area contributed by atoms with Crippen LogP contribution in [-0.2, 0) is 6.42 Å². The summed E-state index contributed by atoms with van der Waals surface area (Å²) in [7, 11) is 0. The van der Waals surface area contributed by atoms with Crippen molar-refractivity contribution in [2.75, 3.05) is 0 Å². The van der Waals surface area contributed by atoms with Crippen molar-refractivity contribution < 1.29 is 13.2 Å². The molecule has 0 aromatic heterocycles. The zero-order valence-electron chi connectivity index (χ0n) is 9.84. The first-order valence-electron chi connectivity index (χ1n) is 5.62. The minimum atomic E-state index is -0.742. The summed E-state index contributed by atoms with van der Waals surface area (Å²) in [5.74, 6) is -1.56. The lowest BCUT2D eigenvalue weighted by molar-refractivity contribution is 0.554. The van der Waals surface area contributed by atoms with Gasteiger partial charge in [-0.15, -0.1) is 0 Å². The fourth-order valence-corrected chi connectivity index (χ4v) is 2.22. The molecule has 2 rings (SSSR count). The Balaban J connectivity index is 2.27. The minimum absolute atomic E-state index is 0.0248. The molecule has 1 nitrogen and oxygen atoms in total. The molecular weight excluding hydrogens is 319 g/mol. The standard InChI is InChI=1S/C14H11BrF3N/c15-9-1-3-13(18)11(7-9)14(19)6-8-5-10(16)2-4-12(8)17/h1-5,7,14H,6,19H2. The van der Waals surface area contributed by atoms with E-state index in [1.807, 2.05) is 0 Å². The Kier molecular flexibility index (Phi) is 4.27. The van der Waals surface area contributed by atoms with E-state index in [2.05, 4.69) is 15.9 Å². The van der Waals surface area contributed by atoms with Crippen LogP contribution in [0.5, 0.6) is 0 Å². The molecule has 0 spiro atoms. The highest BCUT2D eigenvalue weighted by Gasteiger charge is 2.15. The third-order valence-electron chi connectivity index (χ3n) is 2.81. The Labute approximate surface area is 117 Å². The molecule has 19 heavy (non-hydrogen) atoms. The Bertz CT molecular complexity index is 601. The van der Waals surface area contributed by atoms with Crippen molar-refractivity contribution in [3.8, 4) is 0 Å². The van der Waals surface area contributed by atoms with Crippen molar-refractivity contribution in [3.05, 3.63) is 69.4 Å². The van der Waals surface area contributed by atoms with E-state index < -0.39 is 23.5 Å². The monoisotopic (exact) mass is 329 g/mol. The normalized spacial score (nSPS) is 12.5. The number of halogens is 4. The molecule has 0 aliphatic heterocycles. The van der Waals surface area contributed by atoms with Crippen molar-refractivity contribution in [1.29, 1.82) is 0 Å². The first-order chi connectivity index (χ1) is 8.97. The number of rotatable bonds is 3. The lowest BCUT2D eigenvalue weighted by Gasteiger charge is -2.14. The SMILES string of the molecule is NC(Cc1cc(F)ccc1F)c1cc(Br)ccc1F. The lowest BCUT2D eigenvalue weighted by Crippen LogP contribution is -2.16. The van der Waals surface area contributed by atoms with Crippen LogP contribution in [0.3, 0.4) is 0 Å². The van der Waals surface area contributed by atoms with Gasteiger partial charge in [0.2, 0.25) is 0 Å². The number of benzene rings is 2. The topological polar surface area (TPSA) is 26.0 Å². The van der Waals surface area contributed by atoms with Crippen molar-refractivity contribution in [3.63, 3.8) is 0 Å². The van der Waals surface area contributed by atoms with Crippen LogP contribution in [0, 0.1) is 17.5 Å². The summed E-state index contributed by atoms with van der Waals surface area (Å²) in [6.45, 7) is 0. The maximum absolute atomic E-state index is 13.6. The second-order valence-corrected chi connectivity index (χ2v) is 5.13. The molecule has 1 unspecified atom stereocenters. The van der Waals surface area contributed by atoms with Crippen molar-refractivity contribution in [2.45, 2.75) is 12.5 Å². The van der Waals surface area contributed by atoms with E-state index in [4.69, 9.17) is 5.73 Å². The average molecular weight is 330 g/mol. The first-order valence-corrected chi connectivity index (χ1v) is 6.41. The summed E-state index contributed by atoms with van der Waals surface area (Å²) < 4.78 is 40.9. The molecule has 1 atom stereocenters. The molecule has 0 amide bonds. The minimum Gasteiger partial charge on any atom is -0.324 e. The Morgan fingerprint density at radius 1 is 1.00 bits per heavy atom. The molecule has 100 valence electrons. The van der Waals surface area contributed by atoms with Gasteiger partial charge < -0.3 is 5.73 Å². The van der Waals surface area contributed by atoms with Gasteiger partial charge in [-0.2, -0.15) is 0 Å². The Morgan fingerprint density at radius 2 is 1.68 bits per heavy atom. The summed E-state index contributed by atoms with van der Waals surface area (Å²) in [6.07, 6.45) is 0.0248. The number of hydrogen-bond donors (Lipinski definition) is 1. The summed E-state index contributed by atoms with van der Waals surface area (Å²) in [4.78, 5) is 0. The quantitative estimate of drug-likeness (QED) is 0.901. The highest BCUT2D eigenvalue weighted by atomic mass is 79.9. The summed E-state index contributed by atoms with van der Waals surface area (Å²) in [5.41, 5.74) is 6.26. The predicted molar refractivity (Wildman–Crippen MR) is 71.1 cm³/mol. The van der Waals surface area contributed by atoms with E-state index in [9.17, 15) is 13.2 Å². The zero-order valence-corrected chi connectivity index (χ0v) is 11.4. The summed E-state index contributed by atoms with van der Waals surface area (Å²) in [5, 5.41) is 0. The third-order valence-corrected chi connectivity index (χ3v) is 3.30. The van der Waals surface area contributed by atoms with E-state index in [0.717, 1.165) is 18.2 Å². The van der Waals surface area contributed by atoms with Gasteiger partial charge in [-0.3, -0.25) is 0 Å². The number of nitrogens with two attached hydrogens (primary N) is 1. The molecule has 0 bridgehead atoms. The smallest absolute Gasteiger partial charge is 0.128 e. The van der Waals surface area contributed by atoms with Crippen LogP contribution in [-0.4, -0.2) is 0 Å². The molecule has 2 N–H and O–H groups in total. The number of hydrogen-bond acceptors (Lipinski definition) is 1. The van der Waals surface area contributed by atoms with Gasteiger partial charge in [0.05, 0.1) is 0 Å². The zero-order chi connectivity index (χ0) is 14.0. The van der Waals surface area contributed by atoms with Crippen LogP contribution in [0.1, 0.15) is 17.2 Å². The van der Waals surface area contributed by atoms with Crippen LogP contribution in [0.4, 0.5) is 13.2 Å². The predicted octanol–water partition coefficient (Wildman–Crippen LogP) is 4.11. The highest BCUT2D eigenvalue weighted by molar-refractivity contribution is 9.10. The molecule has 0 aliphatic rings.